The number of carboxylic acid groups (broad SMARTS) is 1. The number of carbonyl (C=O) groups is 1. The molecule has 8 heteroatoms. The zero-order chi connectivity index (χ0) is 12.5. The van der Waals surface area contributed by atoms with Crippen LogP contribution in [-0.4, -0.2) is 49.6 Å². The number of carboxylic acids is 1. The van der Waals surface area contributed by atoms with Gasteiger partial charge in [0.05, 0.1) is 13.2 Å². The third-order valence-corrected chi connectivity index (χ3v) is 5.63. The van der Waals surface area contributed by atoms with Crippen molar-refractivity contribution in [1.82, 2.24) is 4.31 Å². The van der Waals surface area contributed by atoms with Crippen LogP contribution in [0, 0.1) is 0 Å². The van der Waals surface area contributed by atoms with Crippen LogP contribution >= 0.6 is 11.3 Å². The van der Waals surface area contributed by atoms with Crippen molar-refractivity contribution in [3.63, 3.8) is 0 Å². The van der Waals surface area contributed by atoms with Crippen LogP contribution in [-0.2, 0) is 19.6 Å². The van der Waals surface area contributed by atoms with Gasteiger partial charge >= 0.3 is 5.97 Å². The molecule has 1 saturated heterocycles. The van der Waals surface area contributed by atoms with Gasteiger partial charge in [0, 0.05) is 6.54 Å². The molecule has 17 heavy (non-hydrogen) atoms. The molecule has 1 atom stereocenters. The molecular weight excluding hydrogens is 266 g/mol. The lowest BCUT2D eigenvalue weighted by molar-refractivity contribution is -0.153. The summed E-state index contributed by atoms with van der Waals surface area (Å²) in [7, 11) is -3.58. The van der Waals surface area contributed by atoms with E-state index in [1.165, 1.54) is 6.07 Å². The van der Waals surface area contributed by atoms with Gasteiger partial charge in [-0.25, -0.2) is 13.2 Å². The van der Waals surface area contributed by atoms with Crippen LogP contribution in [0.1, 0.15) is 0 Å². The van der Waals surface area contributed by atoms with Gasteiger partial charge < -0.3 is 9.84 Å². The largest absolute Gasteiger partial charge is 0.479 e. The number of morpholine rings is 1. The van der Waals surface area contributed by atoms with Crippen molar-refractivity contribution in [2.24, 2.45) is 0 Å². The van der Waals surface area contributed by atoms with Gasteiger partial charge in [0.25, 0.3) is 10.0 Å². The van der Waals surface area contributed by atoms with Gasteiger partial charge in [-0.1, -0.05) is 6.07 Å². The average molecular weight is 277 g/mol. The third-order valence-electron chi connectivity index (χ3n) is 2.39. The van der Waals surface area contributed by atoms with E-state index in [9.17, 15) is 13.2 Å². The quantitative estimate of drug-likeness (QED) is 0.854. The highest BCUT2D eigenvalue weighted by molar-refractivity contribution is 7.91. The van der Waals surface area contributed by atoms with Crippen LogP contribution in [0.2, 0.25) is 0 Å². The first-order chi connectivity index (χ1) is 8.01. The second kappa shape index (κ2) is 4.73. The summed E-state index contributed by atoms with van der Waals surface area (Å²) >= 11 is 1.12. The molecule has 1 aliphatic heterocycles. The van der Waals surface area contributed by atoms with Gasteiger partial charge in [-0.05, 0) is 11.4 Å². The van der Waals surface area contributed by atoms with Crippen molar-refractivity contribution in [3.05, 3.63) is 17.5 Å². The molecule has 1 unspecified atom stereocenters. The van der Waals surface area contributed by atoms with E-state index < -0.39 is 22.1 Å². The number of aliphatic carboxylic acids is 1. The van der Waals surface area contributed by atoms with Crippen LogP contribution < -0.4 is 0 Å². The SMILES string of the molecule is O=C(O)C1CN(S(=O)(=O)c2cccs2)CCO1. The molecule has 0 radical (unpaired) electrons. The zero-order valence-corrected chi connectivity index (χ0v) is 10.4. The average Bonchev–Trinajstić information content (AvgIpc) is 2.83. The second-order valence-corrected chi connectivity index (χ2v) is 6.61. The highest BCUT2D eigenvalue weighted by Crippen LogP contribution is 2.22. The summed E-state index contributed by atoms with van der Waals surface area (Å²) in [6.45, 7) is 0.140. The fourth-order valence-corrected chi connectivity index (χ4v) is 4.10. The number of nitrogens with zero attached hydrogens (tertiary/aromatic N) is 1. The van der Waals surface area contributed by atoms with Gasteiger partial charge in [0.1, 0.15) is 4.21 Å². The third kappa shape index (κ3) is 2.49. The number of sulfonamides is 1. The molecule has 1 aliphatic rings. The van der Waals surface area contributed by atoms with Crippen molar-refractivity contribution in [2.45, 2.75) is 10.3 Å². The number of thiophene rings is 1. The summed E-state index contributed by atoms with van der Waals surface area (Å²) in [5, 5.41) is 10.5. The van der Waals surface area contributed by atoms with Gasteiger partial charge in [0.15, 0.2) is 6.10 Å². The molecule has 0 bridgehead atoms. The maximum Gasteiger partial charge on any atom is 0.334 e. The summed E-state index contributed by atoms with van der Waals surface area (Å²) in [5.41, 5.74) is 0. The minimum atomic E-state index is -3.58. The Balaban J connectivity index is 2.20. The van der Waals surface area contributed by atoms with E-state index in [4.69, 9.17) is 9.84 Å². The predicted octanol–water partition coefficient (Wildman–Crippen LogP) is 0.222. The fourth-order valence-electron chi connectivity index (χ4n) is 1.53. The summed E-state index contributed by atoms with van der Waals surface area (Å²) in [6, 6.07) is 3.15. The molecule has 0 aromatic carbocycles. The van der Waals surface area contributed by atoms with Gasteiger partial charge in [-0.2, -0.15) is 4.31 Å². The Labute approximate surface area is 102 Å². The van der Waals surface area contributed by atoms with Crippen LogP contribution in [0.15, 0.2) is 21.7 Å². The Kier molecular flexibility index (Phi) is 3.48. The van der Waals surface area contributed by atoms with Crippen LogP contribution in [0.3, 0.4) is 0 Å². The molecule has 6 nitrogen and oxygen atoms in total. The molecule has 2 heterocycles. The highest BCUT2D eigenvalue weighted by Gasteiger charge is 2.34. The van der Waals surface area contributed by atoms with Crippen molar-refractivity contribution >= 4 is 27.3 Å². The van der Waals surface area contributed by atoms with Crippen LogP contribution in [0.25, 0.3) is 0 Å². The fraction of sp³-hybridized carbons (Fsp3) is 0.444. The molecular formula is C9H11NO5S2. The normalized spacial score (nSPS) is 22.5. The molecule has 1 aromatic rings. The Bertz CT molecular complexity index is 495. The molecule has 1 aromatic heterocycles. The van der Waals surface area contributed by atoms with Crippen molar-refractivity contribution < 1.29 is 23.1 Å². The topological polar surface area (TPSA) is 83.9 Å². The Morgan fingerprint density at radius 2 is 2.35 bits per heavy atom. The van der Waals surface area contributed by atoms with Gasteiger partial charge in [-0.15, -0.1) is 11.3 Å². The van der Waals surface area contributed by atoms with E-state index in [1.807, 2.05) is 0 Å². The lowest BCUT2D eigenvalue weighted by atomic mass is 10.3. The monoisotopic (exact) mass is 277 g/mol. The molecule has 0 aliphatic carbocycles. The lowest BCUT2D eigenvalue weighted by Gasteiger charge is -2.29. The molecule has 0 spiro atoms. The molecule has 2 rings (SSSR count). The molecule has 0 amide bonds. The number of rotatable bonds is 3. The maximum atomic E-state index is 12.1. The Morgan fingerprint density at radius 3 is 2.94 bits per heavy atom. The van der Waals surface area contributed by atoms with Crippen LogP contribution in [0.4, 0.5) is 0 Å². The predicted molar refractivity (Wildman–Crippen MR) is 60.5 cm³/mol. The minimum Gasteiger partial charge on any atom is -0.479 e. The number of hydrogen-bond donors (Lipinski definition) is 1. The highest BCUT2D eigenvalue weighted by atomic mass is 32.2. The van der Waals surface area contributed by atoms with E-state index in [2.05, 4.69) is 0 Å². The summed E-state index contributed by atoms with van der Waals surface area (Å²) < 4.78 is 30.6. The lowest BCUT2D eigenvalue weighted by Crippen LogP contribution is -2.48. The van der Waals surface area contributed by atoms with Crippen LogP contribution in [0.5, 0.6) is 0 Å². The molecule has 0 saturated carbocycles. The maximum absolute atomic E-state index is 12.1. The van der Waals surface area contributed by atoms with Gasteiger partial charge in [0.2, 0.25) is 0 Å². The summed E-state index contributed by atoms with van der Waals surface area (Å²) in [4.78, 5) is 10.8. The Morgan fingerprint density at radius 1 is 1.59 bits per heavy atom. The standard InChI is InChI=1S/C9H11NO5S2/c11-9(12)7-6-10(3-4-15-7)17(13,14)8-2-1-5-16-8/h1-2,5,7H,3-4,6H2,(H,11,12). The molecule has 1 N–H and O–H groups in total. The summed E-state index contributed by atoms with van der Waals surface area (Å²) in [5.74, 6) is -1.14. The van der Waals surface area contributed by atoms with Crippen molar-refractivity contribution in [3.8, 4) is 0 Å². The van der Waals surface area contributed by atoms with E-state index in [-0.39, 0.29) is 23.9 Å². The van der Waals surface area contributed by atoms with Crippen molar-refractivity contribution in [1.29, 1.82) is 0 Å². The van der Waals surface area contributed by atoms with Crippen molar-refractivity contribution in [2.75, 3.05) is 19.7 Å². The van der Waals surface area contributed by atoms with E-state index >= 15 is 0 Å². The number of ether oxygens (including phenoxy) is 1. The van der Waals surface area contributed by atoms with E-state index in [0.29, 0.717) is 0 Å². The Hall–Kier alpha value is -0.960. The van der Waals surface area contributed by atoms with E-state index in [1.54, 1.807) is 11.4 Å². The smallest absolute Gasteiger partial charge is 0.334 e. The first-order valence-corrected chi connectivity index (χ1v) is 7.22. The number of hydrogen-bond acceptors (Lipinski definition) is 5. The molecule has 1 fully saturated rings. The van der Waals surface area contributed by atoms with E-state index in [0.717, 1.165) is 15.6 Å². The zero-order valence-electron chi connectivity index (χ0n) is 8.77. The first-order valence-electron chi connectivity index (χ1n) is 4.90. The second-order valence-electron chi connectivity index (χ2n) is 3.49. The molecule has 94 valence electrons. The minimum absolute atomic E-state index is 0.0988. The first kappa shape index (κ1) is 12.5. The van der Waals surface area contributed by atoms with Gasteiger partial charge in [-0.3, -0.25) is 0 Å². The summed E-state index contributed by atoms with van der Waals surface area (Å²) in [6.07, 6.45) is -1.08.